The summed E-state index contributed by atoms with van der Waals surface area (Å²) >= 11 is 0. The first kappa shape index (κ1) is 23.2. The Labute approximate surface area is 170 Å². The van der Waals surface area contributed by atoms with E-state index in [1.165, 1.54) is 44.4 Å². The number of nitrogens with zero attached hydrogens (tertiary/aromatic N) is 1. The standard InChI is InChI=1S/C18H18F3N3O5S/c1-24(2)30(27,28)13-7-5-6-12(10-13)17(26)23-22-16(25)11-29-15-9-4-3-8-14(15)18(19,20)21/h3-10H,11H2,1-2H3,(H,22,25)(H,23,26). The van der Waals surface area contributed by atoms with Crippen LogP contribution >= 0.6 is 0 Å². The Morgan fingerprint density at radius 1 is 1.03 bits per heavy atom. The number of sulfonamides is 1. The molecule has 30 heavy (non-hydrogen) atoms. The first-order chi connectivity index (χ1) is 13.9. The monoisotopic (exact) mass is 445 g/mol. The van der Waals surface area contributed by atoms with Gasteiger partial charge < -0.3 is 4.74 Å². The van der Waals surface area contributed by atoms with Gasteiger partial charge in [0.25, 0.3) is 11.8 Å². The SMILES string of the molecule is CN(C)S(=O)(=O)c1cccc(C(=O)NNC(=O)COc2ccccc2C(F)(F)F)c1. The van der Waals surface area contributed by atoms with Crippen LogP contribution in [0.15, 0.2) is 53.4 Å². The Balaban J connectivity index is 1.97. The highest BCUT2D eigenvalue weighted by molar-refractivity contribution is 7.89. The van der Waals surface area contributed by atoms with E-state index in [9.17, 15) is 31.2 Å². The summed E-state index contributed by atoms with van der Waals surface area (Å²) in [6, 6.07) is 9.47. The minimum Gasteiger partial charge on any atom is -0.483 e. The number of benzene rings is 2. The van der Waals surface area contributed by atoms with Gasteiger partial charge in [0, 0.05) is 19.7 Å². The number of halogens is 3. The third-order valence-electron chi connectivity index (χ3n) is 3.74. The molecule has 2 aromatic carbocycles. The van der Waals surface area contributed by atoms with Crippen LogP contribution in [0.2, 0.25) is 0 Å². The minimum absolute atomic E-state index is 0.0541. The van der Waals surface area contributed by atoms with Crippen LogP contribution in [0.25, 0.3) is 0 Å². The average Bonchev–Trinajstić information content (AvgIpc) is 2.70. The van der Waals surface area contributed by atoms with E-state index in [0.717, 1.165) is 22.5 Å². The topological polar surface area (TPSA) is 105 Å². The fraction of sp³-hybridized carbons (Fsp3) is 0.222. The number of para-hydroxylation sites is 1. The Hall–Kier alpha value is -3.12. The molecule has 0 aliphatic rings. The van der Waals surface area contributed by atoms with Gasteiger partial charge in [0.15, 0.2) is 6.61 Å². The molecule has 0 saturated carbocycles. The predicted molar refractivity (Wildman–Crippen MR) is 99.9 cm³/mol. The van der Waals surface area contributed by atoms with Crippen molar-refractivity contribution in [2.24, 2.45) is 0 Å². The molecule has 0 saturated heterocycles. The number of nitrogens with one attached hydrogen (secondary N) is 2. The van der Waals surface area contributed by atoms with E-state index in [4.69, 9.17) is 4.74 Å². The van der Waals surface area contributed by atoms with Gasteiger partial charge in [-0.25, -0.2) is 12.7 Å². The van der Waals surface area contributed by atoms with Gasteiger partial charge >= 0.3 is 6.18 Å². The van der Waals surface area contributed by atoms with E-state index in [2.05, 4.69) is 0 Å². The minimum atomic E-state index is -4.65. The lowest BCUT2D eigenvalue weighted by Gasteiger charge is -2.14. The number of carbonyl (C=O) groups is 2. The van der Waals surface area contributed by atoms with Gasteiger partial charge in [-0.15, -0.1) is 0 Å². The first-order valence-corrected chi connectivity index (χ1v) is 9.77. The molecule has 0 bridgehead atoms. The van der Waals surface area contributed by atoms with Crippen LogP contribution < -0.4 is 15.6 Å². The van der Waals surface area contributed by atoms with Crippen molar-refractivity contribution in [1.29, 1.82) is 0 Å². The van der Waals surface area contributed by atoms with Crippen LogP contribution in [-0.4, -0.2) is 45.2 Å². The molecular weight excluding hydrogens is 427 g/mol. The molecule has 0 atom stereocenters. The molecule has 0 heterocycles. The molecule has 0 aliphatic heterocycles. The summed E-state index contributed by atoms with van der Waals surface area (Å²) < 4.78 is 68.8. The van der Waals surface area contributed by atoms with Crippen molar-refractivity contribution in [2.45, 2.75) is 11.1 Å². The number of rotatable bonds is 6. The highest BCUT2D eigenvalue weighted by atomic mass is 32.2. The quantitative estimate of drug-likeness (QED) is 0.660. The number of carbonyl (C=O) groups excluding carboxylic acids is 2. The molecule has 2 amide bonds. The van der Waals surface area contributed by atoms with Gasteiger partial charge in [0.2, 0.25) is 10.0 Å². The number of amides is 2. The molecular formula is C18H18F3N3O5S. The number of ether oxygens (including phenoxy) is 1. The summed E-state index contributed by atoms with van der Waals surface area (Å²) in [7, 11) is -1.10. The average molecular weight is 445 g/mol. The molecule has 0 fully saturated rings. The summed E-state index contributed by atoms with van der Waals surface area (Å²) in [5, 5.41) is 0. The maximum absolute atomic E-state index is 12.9. The molecule has 8 nitrogen and oxygen atoms in total. The van der Waals surface area contributed by atoms with E-state index < -0.39 is 45.9 Å². The van der Waals surface area contributed by atoms with Crippen molar-refractivity contribution in [3.8, 4) is 5.75 Å². The Bertz CT molecular complexity index is 1040. The van der Waals surface area contributed by atoms with Gasteiger partial charge in [-0.05, 0) is 30.3 Å². The molecule has 2 aromatic rings. The normalized spacial score (nSPS) is 11.8. The number of alkyl halides is 3. The summed E-state index contributed by atoms with van der Waals surface area (Å²) in [4.78, 5) is 23.8. The van der Waals surface area contributed by atoms with E-state index in [0.29, 0.717) is 0 Å². The van der Waals surface area contributed by atoms with Crippen molar-refractivity contribution in [2.75, 3.05) is 20.7 Å². The van der Waals surface area contributed by atoms with Crippen molar-refractivity contribution >= 4 is 21.8 Å². The third-order valence-corrected chi connectivity index (χ3v) is 5.55. The molecule has 2 rings (SSSR count). The Morgan fingerprint density at radius 2 is 1.70 bits per heavy atom. The molecule has 0 aromatic heterocycles. The lowest BCUT2D eigenvalue weighted by atomic mass is 10.2. The summed E-state index contributed by atoms with van der Waals surface area (Å²) in [5.74, 6) is -2.28. The van der Waals surface area contributed by atoms with Gasteiger partial charge in [-0.3, -0.25) is 20.4 Å². The van der Waals surface area contributed by atoms with Crippen LogP contribution in [0.4, 0.5) is 13.2 Å². The summed E-state index contributed by atoms with van der Waals surface area (Å²) in [6.45, 7) is -0.789. The number of hydrazine groups is 1. The van der Waals surface area contributed by atoms with Gasteiger partial charge in [-0.1, -0.05) is 18.2 Å². The highest BCUT2D eigenvalue weighted by Gasteiger charge is 2.34. The zero-order chi connectivity index (χ0) is 22.5. The third kappa shape index (κ3) is 5.70. The first-order valence-electron chi connectivity index (χ1n) is 8.33. The Morgan fingerprint density at radius 3 is 2.33 bits per heavy atom. The summed E-state index contributed by atoms with van der Waals surface area (Å²) in [5.41, 5.74) is 2.93. The van der Waals surface area contributed by atoms with Gasteiger partial charge in [0.1, 0.15) is 5.75 Å². The number of hydrogen-bond acceptors (Lipinski definition) is 5. The molecule has 0 radical (unpaired) electrons. The smallest absolute Gasteiger partial charge is 0.419 e. The largest absolute Gasteiger partial charge is 0.483 e. The Kier molecular flexibility index (Phi) is 7.05. The highest BCUT2D eigenvalue weighted by Crippen LogP contribution is 2.35. The second kappa shape index (κ2) is 9.13. The molecule has 0 unspecified atom stereocenters. The molecule has 162 valence electrons. The van der Waals surface area contributed by atoms with Gasteiger partial charge in [0.05, 0.1) is 10.5 Å². The second-order valence-corrected chi connectivity index (χ2v) is 8.25. The number of hydrogen-bond donors (Lipinski definition) is 2. The lowest BCUT2D eigenvalue weighted by molar-refractivity contribution is -0.139. The van der Waals surface area contributed by atoms with Crippen LogP contribution in [0, 0.1) is 0 Å². The fourth-order valence-electron chi connectivity index (χ4n) is 2.21. The lowest BCUT2D eigenvalue weighted by Crippen LogP contribution is -2.44. The van der Waals surface area contributed by atoms with Gasteiger partial charge in [-0.2, -0.15) is 13.2 Å². The maximum atomic E-state index is 12.9. The van der Waals surface area contributed by atoms with Crippen molar-refractivity contribution in [3.63, 3.8) is 0 Å². The van der Waals surface area contributed by atoms with E-state index >= 15 is 0 Å². The zero-order valence-corrected chi connectivity index (χ0v) is 16.7. The second-order valence-electron chi connectivity index (χ2n) is 6.10. The van der Waals surface area contributed by atoms with Crippen LogP contribution in [-0.2, 0) is 21.0 Å². The zero-order valence-electron chi connectivity index (χ0n) is 15.9. The van der Waals surface area contributed by atoms with Crippen molar-refractivity contribution < 1.29 is 35.9 Å². The predicted octanol–water partition coefficient (Wildman–Crippen LogP) is 1.80. The summed E-state index contributed by atoms with van der Waals surface area (Å²) in [6.07, 6.45) is -4.65. The maximum Gasteiger partial charge on any atom is 0.419 e. The van der Waals surface area contributed by atoms with Crippen LogP contribution in [0.1, 0.15) is 15.9 Å². The van der Waals surface area contributed by atoms with Crippen molar-refractivity contribution in [1.82, 2.24) is 15.2 Å². The van der Waals surface area contributed by atoms with Crippen LogP contribution in [0.5, 0.6) is 5.75 Å². The van der Waals surface area contributed by atoms with E-state index in [1.807, 2.05) is 10.9 Å². The molecule has 0 aliphatic carbocycles. The van der Waals surface area contributed by atoms with E-state index in [-0.39, 0.29) is 10.5 Å². The fourth-order valence-corrected chi connectivity index (χ4v) is 3.16. The molecule has 0 spiro atoms. The van der Waals surface area contributed by atoms with Crippen molar-refractivity contribution in [3.05, 3.63) is 59.7 Å². The molecule has 2 N–H and O–H groups in total. The van der Waals surface area contributed by atoms with Crippen LogP contribution in [0.3, 0.4) is 0 Å². The molecule has 12 heteroatoms. The van der Waals surface area contributed by atoms with E-state index in [1.54, 1.807) is 0 Å².